The maximum absolute atomic E-state index is 11.8. The molecule has 0 spiro atoms. The molecule has 1 aromatic rings. The van der Waals surface area contributed by atoms with Crippen molar-refractivity contribution >= 4 is 11.6 Å². The van der Waals surface area contributed by atoms with Crippen LogP contribution < -0.4 is 10.5 Å². The fraction of sp³-hybridized carbons (Fsp3) is 0.417. The third-order valence-electron chi connectivity index (χ3n) is 2.28. The van der Waals surface area contributed by atoms with Gasteiger partial charge in [-0.05, 0) is 24.6 Å². The minimum atomic E-state index is -0.249. The lowest BCUT2D eigenvalue weighted by molar-refractivity contribution is -0.0756. The van der Waals surface area contributed by atoms with E-state index >= 15 is 0 Å². The molecule has 1 aromatic carbocycles. The van der Waals surface area contributed by atoms with E-state index in [0.717, 1.165) is 11.5 Å². The normalized spacial score (nSPS) is 10.1. The number of carbonyl (C=O) groups is 1. The Kier molecular flexibility index (Phi) is 4.78. The summed E-state index contributed by atoms with van der Waals surface area (Å²) in [5.41, 5.74) is 6.73. The Hall–Kier alpha value is -1.75. The zero-order valence-corrected chi connectivity index (χ0v) is 10.4. The van der Waals surface area contributed by atoms with Gasteiger partial charge in [-0.15, -0.1) is 0 Å². The maximum atomic E-state index is 11.8. The highest BCUT2D eigenvalue weighted by molar-refractivity contribution is 5.94. The Morgan fingerprint density at radius 2 is 2.18 bits per heavy atom. The highest BCUT2D eigenvalue weighted by atomic mass is 16.7. The molecule has 0 saturated carbocycles. The maximum Gasteiger partial charge on any atom is 0.277 e. The molecule has 0 saturated heterocycles. The number of benzene rings is 1. The Bertz CT molecular complexity index is 393. The second kappa shape index (κ2) is 6.10. The number of carbonyl (C=O) groups excluding carboxylic acids is 1. The van der Waals surface area contributed by atoms with Crippen molar-refractivity contribution in [2.75, 3.05) is 26.5 Å². The molecule has 0 aliphatic rings. The highest BCUT2D eigenvalue weighted by Crippen LogP contribution is 2.23. The van der Waals surface area contributed by atoms with E-state index in [9.17, 15) is 4.79 Å². The lowest BCUT2D eigenvalue weighted by Gasteiger charge is -2.14. The highest BCUT2D eigenvalue weighted by Gasteiger charge is 2.12. The first kappa shape index (κ1) is 13.3. The second-order valence-corrected chi connectivity index (χ2v) is 3.59. The van der Waals surface area contributed by atoms with Crippen LogP contribution in [-0.2, 0) is 4.84 Å². The minimum absolute atomic E-state index is 0.249. The number of hydrogen-bond donors (Lipinski definition) is 1. The number of nitrogen functional groups attached to an aromatic ring is 1. The molecule has 5 nitrogen and oxygen atoms in total. The van der Waals surface area contributed by atoms with Crippen molar-refractivity contribution < 1.29 is 14.4 Å². The van der Waals surface area contributed by atoms with Crippen LogP contribution in [0, 0.1) is 0 Å². The van der Waals surface area contributed by atoms with Gasteiger partial charge in [0.15, 0.2) is 0 Å². The van der Waals surface area contributed by atoms with Gasteiger partial charge in [-0.25, -0.2) is 5.06 Å². The monoisotopic (exact) mass is 238 g/mol. The zero-order chi connectivity index (χ0) is 12.8. The van der Waals surface area contributed by atoms with Gasteiger partial charge < -0.3 is 10.5 Å². The predicted molar refractivity (Wildman–Crippen MR) is 65.7 cm³/mol. The van der Waals surface area contributed by atoms with E-state index in [1.165, 1.54) is 7.11 Å². The Balaban J connectivity index is 2.84. The molecule has 0 unspecified atom stereocenters. The van der Waals surface area contributed by atoms with Crippen molar-refractivity contribution in [2.45, 2.75) is 13.3 Å². The zero-order valence-electron chi connectivity index (χ0n) is 10.4. The molecule has 0 aromatic heterocycles. The number of ether oxygens (including phenoxy) is 1. The first-order valence-corrected chi connectivity index (χ1v) is 5.44. The Morgan fingerprint density at radius 3 is 2.71 bits per heavy atom. The molecule has 0 radical (unpaired) electrons. The molecule has 0 atom stereocenters. The fourth-order valence-electron chi connectivity index (χ4n) is 1.29. The number of hydrogen-bond acceptors (Lipinski definition) is 4. The van der Waals surface area contributed by atoms with Gasteiger partial charge in [0.1, 0.15) is 5.75 Å². The van der Waals surface area contributed by atoms with Gasteiger partial charge in [0.2, 0.25) is 0 Å². The largest absolute Gasteiger partial charge is 0.491 e. The first-order valence-electron chi connectivity index (χ1n) is 5.44. The summed E-state index contributed by atoms with van der Waals surface area (Å²) >= 11 is 0. The van der Waals surface area contributed by atoms with Crippen LogP contribution >= 0.6 is 0 Å². The van der Waals surface area contributed by atoms with Crippen LogP contribution in [0.25, 0.3) is 0 Å². The third kappa shape index (κ3) is 3.35. The minimum Gasteiger partial charge on any atom is -0.491 e. The van der Waals surface area contributed by atoms with E-state index in [1.807, 2.05) is 6.92 Å². The number of nitrogens with two attached hydrogens (primary N) is 1. The smallest absolute Gasteiger partial charge is 0.277 e. The van der Waals surface area contributed by atoms with E-state index in [2.05, 4.69) is 0 Å². The van der Waals surface area contributed by atoms with Gasteiger partial charge in [-0.3, -0.25) is 9.63 Å². The molecule has 2 N–H and O–H groups in total. The molecule has 1 rings (SSSR count). The summed E-state index contributed by atoms with van der Waals surface area (Å²) in [5.74, 6) is 0.352. The van der Waals surface area contributed by atoms with Crippen LogP contribution in [0.15, 0.2) is 18.2 Å². The average Bonchev–Trinajstić information content (AvgIpc) is 2.35. The molecule has 0 bridgehead atoms. The van der Waals surface area contributed by atoms with Crippen molar-refractivity contribution in [3.8, 4) is 5.75 Å². The van der Waals surface area contributed by atoms with Crippen molar-refractivity contribution in [3.63, 3.8) is 0 Å². The van der Waals surface area contributed by atoms with E-state index in [1.54, 1.807) is 25.2 Å². The summed E-state index contributed by atoms with van der Waals surface area (Å²) < 4.78 is 5.43. The molecule has 1 amide bonds. The van der Waals surface area contributed by atoms with Crippen LogP contribution in [0.4, 0.5) is 5.69 Å². The molecule has 17 heavy (non-hydrogen) atoms. The van der Waals surface area contributed by atoms with Crippen LogP contribution in [-0.4, -0.2) is 31.7 Å². The topological polar surface area (TPSA) is 64.8 Å². The van der Waals surface area contributed by atoms with Crippen molar-refractivity contribution in [1.29, 1.82) is 0 Å². The Labute approximate surface area is 101 Å². The SMILES string of the molecule is CCCOc1ccc(C(=O)N(C)OC)cc1N. The van der Waals surface area contributed by atoms with Crippen LogP contribution in [0.3, 0.4) is 0 Å². The number of hydroxylamine groups is 2. The fourth-order valence-corrected chi connectivity index (χ4v) is 1.29. The quantitative estimate of drug-likeness (QED) is 0.626. The predicted octanol–water partition coefficient (Wildman–Crippen LogP) is 1.69. The van der Waals surface area contributed by atoms with E-state index in [0.29, 0.717) is 23.6 Å². The summed E-state index contributed by atoms with van der Waals surface area (Å²) in [6.45, 7) is 2.62. The van der Waals surface area contributed by atoms with Crippen molar-refractivity contribution in [2.24, 2.45) is 0 Å². The molecular formula is C12H18N2O3. The summed E-state index contributed by atoms with van der Waals surface area (Å²) in [6.07, 6.45) is 0.909. The van der Waals surface area contributed by atoms with Gasteiger partial charge in [0, 0.05) is 12.6 Å². The molecular weight excluding hydrogens is 220 g/mol. The molecule has 5 heteroatoms. The second-order valence-electron chi connectivity index (χ2n) is 3.59. The third-order valence-corrected chi connectivity index (χ3v) is 2.28. The van der Waals surface area contributed by atoms with Crippen molar-refractivity contribution in [3.05, 3.63) is 23.8 Å². The lowest BCUT2D eigenvalue weighted by atomic mass is 10.2. The van der Waals surface area contributed by atoms with Crippen LogP contribution in [0.1, 0.15) is 23.7 Å². The lowest BCUT2D eigenvalue weighted by Crippen LogP contribution is -2.25. The van der Waals surface area contributed by atoms with Crippen LogP contribution in [0.5, 0.6) is 5.75 Å². The van der Waals surface area contributed by atoms with E-state index in [-0.39, 0.29) is 5.91 Å². The number of nitrogens with zero attached hydrogens (tertiary/aromatic N) is 1. The van der Waals surface area contributed by atoms with Gasteiger partial charge >= 0.3 is 0 Å². The van der Waals surface area contributed by atoms with Crippen LogP contribution in [0.2, 0.25) is 0 Å². The summed E-state index contributed by atoms with van der Waals surface area (Å²) in [4.78, 5) is 16.6. The standard InChI is InChI=1S/C12H18N2O3/c1-4-7-17-11-6-5-9(8-10(11)13)12(15)14(2)16-3/h5-6,8H,4,7,13H2,1-3H3. The molecule has 0 aliphatic heterocycles. The van der Waals surface area contributed by atoms with E-state index in [4.69, 9.17) is 15.3 Å². The molecule has 0 aliphatic carbocycles. The van der Waals surface area contributed by atoms with E-state index < -0.39 is 0 Å². The van der Waals surface area contributed by atoms with Crippen molar-refractivity contribution in [1.82, 2.24) is 5.06 Å². The summed E-state index contributed by atoms with van der Waals surface area (Å²) in [7, 11) is 2.97. The summed E-state index contributed by atoms with van der Waals surface area (Å²) in [5, 5.41) is 1.14. The van der Waals surface area contributed by atoms with Gasteiger partial charge in [-0.2, -0.15) is 0 Å². The number of rotatable bonds is 5. The van der Waals surface area contributed by atoms with Gasteiger partial charge in [0.05, 0.1) is 19.4 Å². The molecule has 0 heterocycles. The number of amides is 1. The van der Waals surface area contributed by atoms with Gasteiger partial charge in [-0.1, -0.05) is 6.92 Å². The Morgan fingerprint density at radius 1 is 1.47 bits per heavy atom. The number of anilines is 1. The average molecular weight is 238 g/mol. The molecule has 94 valence electrons. The molecule has 0 fully saturated rings. The van der Waals surface area contributed by atoms with Gasteiger partial charge in [0.25, 0.3) is 5.91 Å². The summed E-state index contributed by atoms with van der Waals surface area (Å²) in [6, 6.07) is 4.95. The first-order chi connectivity index (χ1) is 8.10.